The van der Waals surface area contributed by atoms with Gasteiger partial charge in [0.15, 0.2) is 0 Å². The molecule has 2 aromatic heterocycles. The summed E-state index contributed by atoms with van der Waals surface area (Å²) in [7, 11) is 2.01. The van der Waals surface area contributed by atoms with Gasteiger partial charge in [-0.05, 0) is 52.8 Å². The number of hydrogen-bond donors (Lipinski definition) is 1. The lowest BCUT2D eigenvalue weighted by Gasteiger charge is -2.16. The van der Waals surface area contributed by atoms with Gasteiger partial charge in [0.05, 0.1) is 3.79 Å². The van der Waals surface area contributed by atoms with E-state index in [0.29, 0.717) is 12.1 Å². The smallest absolute Gasteiger partial charge is 0.336 e. The highest BCUT2D eigenvalue weighted by Crippen LogP contribution is 2.25. The molecule has 0 fully saturated rings. The number of phenolic OH excluding ortho intramolecular Hbond substituents is 1. The van der Waals surface area contributed by atoms with Crippen molar-refractivity contribution in [1.82, 2.24) is 4.90 Å². The highest BCUT2D eigenvalue weighted by Gasteiger charge is 2.10. The third kappa shape index (κ3) is 3.40. The lowest BCUT2D eigenvalue weighted by molar-refractivity contribution is 0.322. The number of thiophene rings is 1. The van der Waals surface area contributed by atoms with Crippen molar-refractivity contribution in [3.05, 3.63) is 61.0 Å². The summed E-state index contributed by atoms with van der Waals surface area (Å²) in [5.41, 5.74) is 0.902. The van der Waals surface area contributed by atoms with E-state index in [9.17, 15) is 9.90 Å². The van der Waals surface area contributed by atoms with Crippen molar-refractivity contribution in [3.63, 3.8) is 0 Å². The minimum Gasteiger partial charge on any atom is -0.508 e. The van der Waals surface area contributed by atoms with Gasteiger partial charge in [0, 0.05) is 35.5 Å². The Morgan fingerprint density at radius 1 is 1.23 bits per heavy atom. The summed E-state index contributed by atoms with van der Waals surface area (Å²) in [6.07, 6.45) is 0. The molecule has 114 valence electrons. The van der Waals surface area contributed by atoms with Gasteiger partial charge in [0.1, 0.15) is 11.3 Å². The molecular formula is C16H14BrNO3S. The van der Waals surface area contributed by atoms with Crippen LogP contribution in [0.5, 0.6) is 5.75 Å². The van der Waals surface area contributed by atoms with E-state index in [-0.39, 0.29) is 5.75 Å². The van der Waals surface area contributed by atoms with Crippen molar-refractivity contribution in [2.45, 2.75) is 13.1 Å². The molecule has 22 heavy (non-hydrogen) atoms. The Bertz CT molecular complexity index is 871. The van der Waals surface area contributed by atoms with E-state index in [1.807, 2.05) is 13.1 Å². The fraction of sp³-hybridized carbons (Fsp3) is 0.188. The van der Waals surface area contributed by atoms with Crippen molar-refractivity contribution in [2.75, 3.05) is 7.05 Å². The number of rotatable bonds is 4. The number of halogens is 1. The van der Waals surface area contributed by atoms with E-state index < -0.39 is 5.63 Å². The maximum Gasteiger partial charge on any atom is 0.336 e. The van der Waals surface area contributed by atoms with Crippen LogP contribution in [-0.2, 0) is 13.1 Å². The van der Waals surface area contributed by atoms with E-state index in [4.69, 9.17) is 4.42 Å². The number of hydrogen-bond acceptors (Lipinski definition) is 5. The van der Waals surface area contributed by atoms with Gasteiger partial charge >= 0.3 is 5.63 Å². The molecule has 3 aromatic rings. The molecule has 1 N–H and O–H groups in total. The SMILES string of the molecule is CN(Cc1ccc(Br)s1)Cc1cc(=O)oc2cc(O)ccc12. The highest BCUT2D eigenvalue weighted by molar-refractivity contribution is 9.11. The molecular weight excluding hydrogens is 366 g/mol. The van der Waals surface area contributed by atoms with Gasteiger partial charge in [-0.25, -0.2) is 4.79 Å². The van der Waals surface area contributed by atoms with Crippen LogP contribution in [0.15, 0.2) is 49.4 Å². The molecule has 0 aliphatic rings. The first kappa shape index (κ1) is 15.3. The Labute approximate surface area is 139 Å². The highest BCUT2D eigenvalue weighted by atomic mass is 79.9. The number of fused-ring (bicyclic) bond motifs is 1. The molecule has 0 unspecified atom stereocenters. The van der Waals surface area contributed by atoms with Crippen molar-refractivity contribution in [1.29, 1.82) is 0 Å². The second-order valence-corrected chi connectivity index (χ2v) is 7.70. The Kier molecular flexibility index (Phi) is 4.33. The van der Waals surface area contributed by atoms with E-state index in [2.05, 4.69) is 26.9 Å². The van der Waals surface area contributed by atoms with Crippen molar-refractivity contribution >= 4 is 38.2 Å². The third-order valence-corrected chi connectivity index (χ3v) is 4.92. The van der Waals surface area contributed by atoms with Crippen LogP contribution in [0.1, 0.15) is 10.4 Å². The van der Waals surface area contributed by atoms with Crippen LogP contribution in [0, 0.1) is 0 Å². The molecule has 0 saturated carbocycles. The minimum atomic E-state index is -0.402. The molecule has 0 amide bonds. The van der Waals surface area contributed by atoms with E-state index in [1.54, 1.807) is 23.5 Å². The molecule has 0 saturated heterocycles. The molecule has 4 nitrogen and oxygen atoms in total. The first-order chi connectivity index (χ1) is 10.5. The predicted octanol–water partition coefficient (Wildman–Crippen LogP) is 3.95. The molecule has 0 aliphatic heterocycles. The summed E-state index contributed by atoms with van der Waals surface area (Å²) >= 11 is 5.16. The lowest BCUT2D eigenvalue weighted by Crippen LogP contribution is -2.17. The van der Waals surface area contributed by atoms with Crippen LogP contribution in [0.25, 0.3) is 11.0 Å². The standard InChI is InChI=1S/C16H14BrNO3S/c1-18(9-12-3-5-15(17)22-12)8-10-6-16(20)21-14-7-11(19)2-4-13(10)14/h2-7,19H,8-9H2,1H3. The Morgan fingerprint density at radius 3 is 2.77 bits per heavy atom. The van der Waals surface area contributed by atoms with Crippen LogP contribution in [0.3, 0.4) is 0 Å². The average Bonchev–Trinajstić information content (AvgIpc) is 2.83. The average molecular weight is 380 g/mol. The van der Waals surface area contributed by atoms with Crippen molar-refractivity contribution < 1.29 is 9.52 Å². The van der Waals surface area contributed by atoms with Gasteiger partial charge in [-0.2, -0.15) is 0 Å². The molecule has 2 heterocycles. The Morgan fingerprint density at radius 2 is 2.05 bits per heavy atom. The maximum absolute atomic E-state index is 11.7. The van der Waals surface area contributed by atoms with E-state index in [1.165, 1.54) is 17.0 Å². The zero-order valence-corrected chi connectivity index (χ0v) is 14.3. The zero-order chi connectivity index (χ0) is 15.7. The van der Waals surface area contributed by atoms with Crippen LogP contribution in [-0.4, -0.2) is 17.1 Å². The van der Waals surface area contributed by atoms with Crippen LogP contribution in [0.2, 0.25) is 0 Å². The first-order valence-electron chi connectivity index (χ1n) is 6.70. The molecule has 0 bridgehead atoms. The zero-order valence-electron chi connectivity index (χ0n) is 11.9. The lowest BCUT2D eigenvalue weighted by atomic mass is 10.1. The Balaban J connectivity index is 1.88. The topological polar surface area (TPSA) is 53.7 Å². The second kappa shape index (κ2) is 6.24. The third-order valence-electron chi connectivity index (χ3n) is 3.31. The van der Waals surface area contributed by atoms with Gasteiger partial charge in [0.25, 0.3) is 0 Å². The van der Waals surface area contributed by atoms with Crippen molar-refractivity contribution in [3.8, 4) is 5.75 Å². The molecule has 0 radical (unpaired) electrons. The predicted molar refractivity (Wildman–Crippen MR) is 91.3 cm³/mol. The van der Waals surface area contributed by atoms with E-state index in [0.717, 1.165) is 21.3 Å². The summed E-state index contributed by atoms with van der Waals surface area (Å²) in [6.45, 7) is 1.43. The Hall–Kier alpha value is -1.63. The first-order valence-corrected chi connectivity index (χ1v) is 8.31. The number of aromatic hydroxyl groups is 1. The molecule has 3 rings (SSSR count). The van der Waals surface area contributed by atoms with E-state index >= 15 is 0 Å². The molecule has 0 spiro atoms. The fourth-order valence-corrected chi connectivity index (χ4v) is 3.96. The second-order valence-electron chi connectivity index (χ2n) is 5.15. The van der Waals surface area contributed by atoms with Gasteiger partial charge in [-0.15, -0.1) is 11.3 Å². The normalized spacial score (nSPS) is 11.4. The van der Waals surface area contributed by atoms with Gasteiger partial charge in [-0.3, -0.25) is 4.90 Å². The van der Waals surface area contributed by atoms with Gasteiger partial charge < -0.3 is 9.52 Å². The fourth-order valence-electron chi connectivity index (χ4n) is 2.40. The van der Waals surface area contributed by atoms with Gasteiger partial charge in [-0.1, -0.05) is 0 Å². The molecule has 1 aromatic carbocycles. The summed E-state index contributed by atoms with van der Waals surface area (Å²) in [4.78, 5) is 15.1. The summed E-state index contributed by atoms with van der Waals surface area (Å²) in [5, 5.41) is 10.4. The molecule has 6 heteroatoms. The number of benzene rings is 1. The molecule has 0 aliphatic carbocycles. The minimum absolute atomic E-state index is 0.0876. The monoisotopic (exact) mass is 379 g/mol. The van der Waals surface area contributed by atoms with Crippen LogP contribution < -0.4 is 5.63 Å². The quantitative estimate of drug-likeness (QED) is 0.697. The summed E-state index contributed by atoms with van der Waals surface area (Å²) in [6, 6.07) is 10.5. The summed E-state index contributed by atoms with van der Waals surface area (Å²) in [5.74, 6) is 0.0876. The van der Waals surface area contributed by atoms with Gasteiger partial charge in [0.2, 0.25) is 0 Å². The molecule has 0 atom stereocenters. The van der Waals surface area contributed by atoms with Crippen molar-refractivity contribution in [2.24, 2.45) is 0 Å². The maximum atomic E-state index is 11.7. The number of nitrogens with zero attached hydrogens (tertiary/aromatic N) is 1. The number of phenols is 1. The van der Waals surface area contributed by atoms with Crippen LogP contribution in [0.4, 0.5) is 0 Å². The summed E-state index contributed by atoms with van der Waals surface area (Å²) < 4.78 is 6.26. The van der Waals surface area contributed by atoms with Crippen LogP contribution >= 0.6 is 27.3 Å². The largest absolute Gasteiger partial charge is 0.508 e.